The van der Waals surface area contributed by atoms with E-state index in [1.54, 1.807) is 19.1 Å². The summed E-state index contributed by atoms with van der Waals surface area (Å²) < 4.78 is 70.9. The van der Waals surface area contributed by atoms with Crippen molar-refractivity contribution in [2.75, 3.05) is 32.0 Å². The normalized spacial score (nSPS) is 27.1. The number of hydrogen-bond acceptors (Lipinski definition) is 10. The Morgan fingerprint density at radius 2 is 1.76 bits per heavy atom. The molecule has 18 heteroatoms. The van der Waals surface area contributed by atoms with E-state index in [4.69, 9.17) is 23.5 Å². The maximum Gasteiger partial charge on any atom is 0.481 e. The quantitative estimate of drug-likeness (QED) is 0.159. The molecule has 5 aliphatic rings. The fraction of sp³-hybridized carbons (Fsp3) is 0.550. The number of nitrogens with zero attached hydrogens (tertiary/aromatic N) is 2. The lowest BCUT2D eigenvalue weighted by Crippen LogP contribution is -2.63. The van der Waals surface area contributed by atoms with Crippen molar-refractivity contribution in [3.05, 3.63) is 69.9 Å². The summed E-state index contributed by atoms with van der Waals surface area (Å²) in [5.74, 6) is 0.822. The second kappa shape index (κ2) is 15.0. The number of rotatable bonds is 12. The number of benzene rings is 2. The molecule has 3 aliphatic carbocycles. The first kappa shape index (κ1) is 41.2. The molecule has 8 rings (SSSR count). The van der Waals surface area contributed by atoms with Crippen LogP contribution in [-0.2, 0) is 32.4 Å². The van der Waals surface area contributed by atoms with Crippen molar-refractivity contribution in [1.82, 2.24) is 20.2 Å². The monoisotopic (exact) mass is 810 g/mol. The van der Waals surface area contributed by atoms with Gasteiger partial charge >= 0.3 is 19.3 Å². The molecule has 312 valence electrons. The standard InChI is InChI=1S/C40H50BF3N6O8/c1-9-30(41-57-32-25-14-23(37(25,2)3)17-39(32,5)58-41)48-33(51)27-18-38(4,49-36(53)47-24-15-28(54-6)31(56-8)29(16-24)55-7)35-46-20-26(34(52)50(27)35)45-19-21-11-10-12-22(13-21)40(42,43)44/h10-13,15-16,20,23,25,27,30,32,45H,9,14,17-19H2,1-8H3,(H,48,51)(H2,47,49,53)/t23?,25?,27-,30-,32+,38+,39-/m0/s1. The Bertz CT molecular complexity index is 2130. The second-order valence-corrected chi connectivity index (χ2v) is 16.7. The van der Waals surface area contributed by atoms with Gasteiger partial charge in [-0.1, -0.05) is 32.9 Å². The summed E-state index contributed by atoms with van der Waals surface area (Å²) in [4.78, 5) is 47.0. The Labute approximate surface area is 335 Å². The van der Waals surface area contributed by atoms with E-state index in [-0.39, 0.29) is 41.6 Å². The van der Waals surface area contributed by atoms with Gasteiger partial charge in [0.2, 0.25) is 11.7 Å². The number of carbonyl (C=O) groups excluding carboxylic acids is 2. The zero-order valence-electron chi connectivity index (χ0n) is 33.8. The van der Waals surface area contributed by atoms with Gasteiger partial charge in [-0.2, -0.15) is 13.2 Å². The number of amides is 3. The molecule has 2 bridgehead atoms. The molecule has 58 heavy (non-hydrogen) atoms. The number of fused-ring (bicyclic) bond motifs is 1. The molecule has 3 heterocycles. The number of anilines is 2. The van der Waals surface area contributed by atoms with E-state index in [1.165, 1.54) is 44.2 Å². The molecule has 0 radical (unpaired) electrons. The van der Waals surface area contributed by atoms with E-state index in [0.29, 0.717) is 41.2 Å². The van der Waals surface area contributed by atoms with Crippen molar-refractivity contribution in [3.8, 4) is 17.2 Å². The Kier molecular flexibility index (Phi) is 10.7. The molecular formula is C40H50BF3N6O8. The average Bonchev–Trinajstić information content (AvgIpc) is 3.69. The smallest absolute Gasteiger partial charge is 0.481 e. The van der Waals surface area contributed by atoms with Gasteiger partial charge in [0.05, 0.1) is 62.0 Å². The molecule has 7 atom stereocenters. The lowest BCUT2D eigenvalue weighted by molar-refractivity contribution is -0.185. The van der Waals surface area contributed by atoms with Gasteiger partial charge in [0.1, 0.15) is 17.6 Å². The summed E-state index contributed by atoms with van der Waals surface area (Å²) in [6.45, 7) is 10.1. The predicted octanol–water partition coefficient (Wildman–Crippen LogP) is 6.04. The van der Waals surface area contributed by atoms with Crippen LogP contribution in [0.3, 0.4) is 0 Å². The summed E-state index contributed by atoms with van der Waals surface area (Å²) in [5, 5.41) is 11.7. The fourth-order valence-corrected chi connectivity index (χ4v) is 9.35. The summed E-state index contributed by atoms with van der Waals surface area (Å²) in [5.41, 5.74) is -2.64. The van der Waals surface area contributed by atoms with Gasteiger partial charge in [0.25, 0.3) is 5.56 Å². The molecule has 3 amide bonds. The summed E-state index contributed by atoms with van der Waals surface area (Å²) in [6.07, 6.45) is -1.08. The zero-order valence-corrected chi connectivity index (χ0v) is 33.8. The number of nitrogens with one attached hydrogen (secondary N) is 4. The highest BCUT2D eigenvalue weighted by Crippen LogP contribution is 2.64. The van der Waals surface area contributed by atoms with Gasteiger partial charge < -0.3 is 44.8 Å². The Hall–Kier alpha value is -4.97. The molecule has 4 N–H and O–H groups in total. The van der Waals surface area contributed by atoms with Crippen LogP contribution in [0.25, 0.3) is 0 Å². The second-order valence-electron chi connectivity index (χ2n) is 16.7. The van der Waals surface area contributed by atoms with Crippen molar-refractivity contribution in [2.24, 2.45) is 17.3 Å². The number of carbonyl (C=O) groups is 2. The third kappa shape index (κ3) is 7.22. The Morgan fingerprint density at radius 3 is 2.38 bits per heavy atom. The van der Waals surface area contributed by atoms with E-state index in [0.717, 1.165) is 25.0 Å². The zero-order chi connectivity index (χ0) is 41.9. The molecule has 1 aromatic heterocycles. The maximum absolute atomic E-state index is 14.4. The molecule has 14 nitrogen and oxygen atoms in total. The van der Waals surface area contributed by atoms with Gasteiger partial charge in [0.15, 0.2) is 11.5 Å². The van der Waals surface area contributed by atoms with Crippen LogP contribution < -0.4 is 41.0 Å². The first-order valence-electron chi connectivity index (χ1n) is 19.4. The minimum atomic E-state index is -4.54. The Balaban J connectivity index is 1.16. The number of halogens is 3. The maximum atomic E-state index is 14.4. The highest BCUT2D eigenvalue weighted by molar-refractivity contribution is 6.47. The molecule has 1 saturated heterocycles. The molecule has 2 aromatic carbocycles. The van der Waals surface area contributed by atoms with E-state index < -0.39 is 59.5 Å². The first-order chi connectivity index (χ1) is 27.3. The summed E-state index contributed by atoms with van der Waals surface area (Å²) in [7, 11) is 3.63. The number of ether oxygens (including phenoxy) is 3. The van der Waals surface area contributed by atoms with Gasteiger partial charge in [-0.3, -0.25) is 14.2 Å². The topological polar surface area (TPSA) is 163 Å². The van der Waals surface area contributed by atoms with E-state index in [9.17, 15) is 27.6 Å². The number of methoxy groups -OCH3 is 3. The van der Waals surface area contributed by atoms with Crippen LogP contribution in [0.15, 0.2) is 47.4 Å². The molecule has 4 fully saturated rings. The highest BCUT2D eigenvalue weighted by atomic mass is 19.4. The summed E-state index contributed by atoms with van der Waals surface area (Å²) in [6, 6.07) is 6.01. The van der Waals surface area contributed by atoms with Crippen LogP contribution in [-0.4, -0.2) is 67.6 Å². The summed E-state index contributed by atoms with van der Waals surface area (Å²) >= 11 is 0. The van der Waals surface area contributed by atoms with Crippen molar-refractivity contribution in [1.29, 1.82) is 0 Å². The molecule has 2 unspecified atom stereocenters. The van der Waals surface area contributed by atoms with E-state index >= 15 is 0 Å². The lowest BCUT2D eigenvalue weighted by Gasteiger charge is -2.63. The lowest BCUT2D eigenvalue weighted by atomic mass is 9.45. The number of hydrogen-bond donors (Lipinski definition) is 4. The van der Waals surface area contributed by atoms with Crippen molar-refractivity contribution >= 4 is 30.4 Å². The van der Waals surface area contributed by atoms with Crippen LogP contribution in [0, 0.1) is 17.3 Å². The molecule has 3 saturated carbocycles. The SMILES string of the molecule is CC[C@H](NC(=O)[C@@H]1C[C@@](C)(NC(=O)Nc2cc(OC)c(OC)c(OC)c2)c2ncc(NCc3cccc(C(F)(F)F)c3)c(=O)n21)B1O[C@@H]2C3CC(C[C@]2(C)O1)C3(C)C. The molecule has 0 spiro atoms. The molecule has 2 aliphatic heterocycles. The fourth-order valence-electron chi connectivity index (χ4n) is 9.35. The van der Waals surface area contributed by atoms with Gasteiger partial charge in [-0.15, -0.1) is 0 Å². The van der Waals surface area contributed by atoms with Crippen LogP contribution in [0.1, 0.15) is 83.3 Å². The van der Waals surface area contributed by atoms with Crippen molar-refractivity contribution < 1.29 is 46.3 Å². The first-order valence-corrected chi connectivity index (χ1v) is 19.4. The van der Waals surface area contributed by atoms with Crippen LogP contribution in [0.4, 0.5) is 29.3 Å². The number of alkyl halides is 3. The van der Waals surface area contributed by atoms with Crippen molar-refractivity contribution in [2.45, 2.75) is 102 Å². The van der Waals surface area contributed by atoms with E-state index in [1.807, 2.05) is 6.92 Å². The van der Waals surface area contributed by atoms with Gasteiger partial charge in [0, 0.05) is 25.1 Å². The third-order valence-electron chi connectivity index (χ3n) is 12.7. The van der Waals surface area contributed by atoms with Gasteiger partial charge in [-0.05, 0) is 68.1 Å². The van der Waals surface area contributed by atoms with Gasteiger partial charge in [-0.25, -0.2) is 9.78 Å². The molecule has 3 aromatic rings. The molecular weight excluding hydrogens is 760 g/mol. The van der Waals surface area contributed by atoms with Crippen molar-refractivity contribution in [3.63, 3.8) is 0 Å². The van der Waals surface area contributed by atoms with Crippen LogP contribution in [0.5, 0.6) is 17.2 Å². The van der Waals surface area contributed by atoms with E-state index in [2.05, 4.69) is 47.0 Å². The predicted molar refractivity (Wildman–Crippen MR) is 209 cm³/mol. The Morgan fingerprint density at radius 1 is 1.05 bits per heavy atom. The third-order valence-corrected chi connectivity index (χ3v) is 12.7. The highest BCUT2D eigenvalue weighted by Gasteiger charge is 2.67. The number of aromatic nitrogens is 2. The van der Waals surface area contributed by atoms with Crippen LogP contribution in [0.2, 0.25) is 0 Å². The van der Waals surface area contributed by atoms with Crippen LogP contribution >= 0.6 is 0 Å². The number of urea groups is 1. The largest absolute Gasteiger partial charge is 0.493 e. The minimum Gasteiger partial charge on any atom is -0.493 e. The average molecular weight is 811 g/mol. The minimum absolute atomic E-state index is 0.0433.